The lowest BCUT2D eigenvalue weighted by Crippen LogP contribution is -2.54. The monoisotopic (exact) mass is 406 g/mol. The molecule has 0 saturated heterocycles. The van der Waals surface area contributed by atoms with Crippen molar-refractivity contribution < 1.29 is 18.0 Å². The van der Waals surface area contributed by atoms with Gasteiger partial charge in [0.05, 0.1) is 12.2 Å². The second-order valence-electron chi connectivity index (χ2n) is 7.38. The SMILES string of the molecule is NC(=O)C1=CC(c2ccccc2C(NCC2CC2)c2cn[nH]c2)(C(F)(F)F)NN1. The minimum absolute atomic E-state index is 0.0225. The smallest absolute Gasteiger partial charge is 0.364 e. The molecular weight excluding hydrogens is 385 g/mol. The molecule has 10 heteroatoms. The van der Waals surface area contributed by atoms with E-state index in [1.807, 2.05) is 0 Å². The molecule has 0 bridgehead atoms. The minimum Gasteiger partial charge on any atom is -0.364 e. The molecule has 2 aliphatic rings. The molecule has 29 heavy (non-hydrogen) atoms. The zero-order valence-corrected chi connectivity index (χ0v) is 15.4. The predicted molar refractivity (Wildman–Crippen MR) is 98.9 cm³/mol. The van der Waals surface area contributed by atoms with Crippen LogP contribution in [0.3, 0.4) is 0 Å². The third kappa shape index (κ3) is 3.60. The zero-order valence-electron chi connectivity index (χ0n) is 15.4. The maximum atomic E-state index is 14.3. The van der Waals surface area contributed by atoms with Crippen LogP contribution < -0.4 is 21.9 Å². The van der Waals surface area contributed by atoms with Crippen molar-refractivity contribution in [2.75, 3.05) is 6.54 Å². The largest absolute Gasteiger partial charge is 0.416 e. The molecule has 7 nitrogen and oxygen atoms in total. The Hall–Kier alpha value is -2.85. The number of primary amides is 1. The van der Waals surface area contributed by atoms with Crippen LogP contribution in [0.5, 0.6) is 0 Å². The van der Waals surface area contributed by atoms with Crippen molar-refractivity contribution in [1.29, 1.82) is 0 Å². The molecule has 2 aromatic rings. The number of carbonyl (C=O) groups excluding carboxylic acids is 1. The summed E-state index contributed by atoms with van der Waals surface area (Å²) in [6, 6.07) is 5.78. The molecule has 6 N–H and O–H groups in total. The van der Waals surface area contributed by atoms with Crippen LogP contribution in [-0.2, 0) is 10.3 Å². The number of hydrogen-bond acceptors (Lipinski definition) is 5. The lowest BCUT2D eigenvalue weighted by atomic mass is 9.82. The first-order chi connectivity index (χ1) is 13.8. The number of H-pyrrole nitrogens is 1. The topological polar surface area (TPSA) is 108 Å². The van der Waals surface area contributed by atoms with Crippen molar-refractivity contribution in [2.45, 2.75) is 30.6 Å². The lowest BCUT2D eigenvalue weighted by molar-refractivity contribution is -0.185. The first kappa shape index (κ1) is 19.5. The highest BCUT2D eigenvalue weighted by Crippen LogP contribution is 2.45. The van der Waals surface area contributed by atoms with Crippen LogP contribution in [0.25, 0.3) is 0 Å². The third-order valence-electron chi connectivity index (χ3n) is 5.32. The molecule has 1 aliphatic heterocycles. The number of benzene rings is 1. The number of halogens is 3. The molecule has 1 aromatic heterocycles. The summed E-state index contributed by atoms with van der Waals surface area (Å²) in [5, 5.41) is 10.1. The van der Waals surface area contributed by atoms with Gasteiger partial charge in [-0.05, 0) is 42.5 Å². The first-order valence-corrected chi connectivity index (χ1v) is 9.26. The molecule has 2 heterocycles. The Labute approximate surface area is 164 Å². The van der Waals surface area contributed by atoms with Crippen molar-refractivity contribution in [2.24, 2.45) is 11.7 Å². The summed E-state index contributed by atoms with van der Waals surface area (Å²) in [4.78, 5) is 11.5. The van der Waals surface area contributed by atoms with Crippen LogP contribution >= 0.6 is 0 Å². The number of amides is 1. The van der Waals surface area contributed by atoms with Gasteiger partial charge in [-0.15, -0.1) is 0 Å². The fourth-order valence-electron chi connectivity index (χ4n) is 3.58. The van der Waals surface area contributed by atoms with Gasteiger partial charge in [0.2, 0.25) is 0 Å². The molecule has 1 amide bonds. The van der Waals surface area contributed by atoms with Crippen molar-refractivity contribution >= 4 is 5.91 Å². The maximum absolute atomic E-state index is 14.3. The Kier molecular flexibility index (Phi) is 4.83. The summed E-state index contributed by atoms with van der Waals surface area (Å²) >= 11 is 0. The van der Waals surface area contributed by atoms with E-state index in [2.05, 4.69) is 26.4 Å². The average Bonchev–Trinajstić information content (AvgIpc) is 3.16. The molecule has 1 fully saturated rings. The molecule has 1 aromatic carbocycles. The highest BCUT2D eigenvalue weighted by molar-refractivity contribution is 5.92. The van der Waals surface area contributed by atoms with Gasteiger partial charge in [0.1, 0.15) is 5.70 Å². The van der Waals surface area contributed by atoms with E-state index in [0.29, 0.717) is 18.0 Å². The highest BCUT2D eigenvalue weighted by Gasteiger charge is 2.58. The molecule has 4 rings (SSSR count). The average molecular weight is 406 g/mol. The summed E-state index contributed by atoms with van der Waals surface area (Å²) in [5.41, 5.74) is 7.95. The molecule has 1 saturated carbocycles. The van der Waals surface area contributed by atoms with Crippen molar-refractivity contribution in [3.05, 3.63) is 65.1 Å². The van der Waals surface area contributed by atoms with Gasteiger partial charge in [-0.2, -0.15) is 18.3 Å². The van der Waals surface area contributed by atoms with Crippen molar-refractivity contribution in [3.63, 3.8) is 0 Å². The Balaban J connectivity index is 1.83. The van der Waals surface area contributed by atoms with E-state index in [1.54, 1.807) is 24.5 Å². The Morgan fingerprint density at radius 3 is 2.69 bits per heavy atom. The summed E-state index contributed by atoms with van der Waals surface area (Å²) in [7, 11) is 0. The van der Waals surface area contributed by atoms with Gasteiger partial charge in [0.25, 0.3) is 5.91 Å². The van der Waals surface area contributed by atoms with E-state index < -0.39 is 23.7 Å². The molecule has 0 spiro atoms. The molecular formula is C19H21F3N6O. The number of hydrogen-bond donors (Lipinski definition) is 5. The van der Waals surface area contributed by atoms with E-state index in [1.165, 1.54) is 12.1 Å². The van der Waals surface area contributed by atoms with Crippen LogP contribution in [0.15, 0.2) is 48.4 Å². The Morgan fingerprint density at radius 1 is 1.34 bits per heavy atom. The van der Waals surface area contributed by atoms with Crippen LogP contribution in [0.2, 0.25) is 0 Å². The Bertz CT molecular complexity index is 922. The van der Waals surface area contributed by atoms with Crippen LogP contribution in [0.1, 0.15) is 35.6 Å². The number of aromatic amines is 1. The number of nitrogens with two attached hydrogens (primary N) is 1. The fraction of sp³-hybridized carbons (Fsp3) is 0.368. The minimum atomic E-state index is -4.73. The zero-order chi connectivity index (χ0) is 20.6. The van der Waals surface area contributed by atoms with Gasteiger partial charge in [0, 0.05) is 11.8 Å². The van der Waals surface area contributed by atoms with Crippen molar-refractivity contribution in [3.8, 4) is 0 Å². The molecule has 2 unspecified atom stereocenters. The van der Waals surface area contributed by atoms with Gasteiger partial charge >= 0.3 is 6.18 Å². The summed E-state index contributed by atoms with van der Waals surface area (Å²) in [5.74, 6) is -0.444. The van der Waals surface area contributed by atoms with Gasteiger partial charge < -0.3 is 16.5 Å². The normalized spacial score (nSPS) is 22.8. The van der Waals surface area contributed by atoms with Crippen LogP contribution in [-0.4, -0.2) is 28.8 Å². The number of hydrazine groups is 1. The number of alkyl halides is 3. The first-order valence-electron chi connectivity index (χ1n) is 9.26. The molecule has 154 valence electrons. The van der Waals surface area contributed by atoms with E-state index in [9.17, 15) is 18.0 Å². The number of rotatable bonds is 7. The highest BCUT2D eigenvalue weighted by atomic mass is 19.4. The predicted octanol–water partition coefficient (Wildman–Crippen LogP) is 1.73. The standard InChI is InChI=1S/C19H21F3N6O/c20-19(21,22)18(7-15(17(23)29)27-28-18)14-4-2-1-3-13(14)16(12-9-25-26-10-12)24-8-11-5-6-11/h1-4,7,9-11,16,24,27-28H,5-6,8H2,(H2,23,29)(H,25,26). The second kappa shape index (κ2) is 7.20. The number of nitrogens with one attached hydrogen (secondary N) is 4. The van der Waals surface area contributed by atoms with E-state index in [4.69, 9.17) is 5.73 Å². The van der Waals surface area contributed by atoms with Gasteiger partial charge in [-0.25, -0.2) is 5.43 Å². The summed E-state index contributed by atoms with van der Waals surface area (Å²) in [6.45, 7) is 0.692. The fourth-order valence-corrected chi connectivity index (χ4v) is 3.58. The number of carbonyl (C=O) groups is 1. The lowest BCUT2D eigenvalue weighted by Gasteiger charge is -2.34. The van der Waals surface area contributed by atoms with E-state index in [-0.39, 0.29) is 11.3 Å². The van der Waals surface area contributed by atoms with Crippen LogP contribution in [0.4, 0.5) is 13.2 Å². The van der Waals surface area contributed by atoms with Crippen molar-refractivity contribution in [1.82, 2.24) is 26.4 Å². The molecule has 2 atom stereocenters. The second-order valence-corrected chi connectivity index (χ2v) is 7.38. The molecule has 1 aliphatic carbocycles. The van der Waals surface area contributed by atoms with Gasteiger partial charge in [-0.3, -0.25) is 9.89 Å². The quantitative estimate of drug-likeness (QED) is 0.481. The summed E-state index contributed by atoms with van der Waals surface area (Å²) < 4.78 is 42.9. The van der Waals surface area contributed by atoms with Crippen LogP contribution in [0, 0.1) is 5.92 Å². The molecule has 0 radical (unpaired) electrons. The van der Waals surface area contributed by atoms with Gasteiger partial charge in [-0.1, -0.05) is 24.3 Å². The van der Waals surface area contributed by atoms with E-state index >= 15 is 0 Å². The number of nitrogens with zero attached hydrogens (tertiary/aromatic N) is 1. The number of aromatic nitrogens is 2. The third-order valence-corrected chi connectivity index (χ3v) is 5.32. The maximum Gasteiger partial charge on any atom is 0.416 e. The van der Waals surface area contributed by atoms with E-state index in [0.717, 1.165) is 24.5 Å². The van der Waals surface area contributed by atoms with Gasteiger partial charge in [0.15, 0.2) is 5.54 Å². The summed E-state index contributed by atoms with van der Waals surface area (Å²) in [6.07, 6.45) is 1.54. The Morgan fingerprint density at radius 2 is 2.10 bits per heavy atom.